The number of piperidine rings is 1. The summed E-state index contributed by atoms with van der Waals surface area (Å²) in [5.74, 6) is -1.64. The van der Waals surface area contributed by atoms with Crippen molar-refractivity contribution < 1.29 is 18.3 Å². The third-order valence-electron chi connectivity index (χ3n) is 3.26. The van der Waals surface area contributed by atoms with Crippen LogP contribution in [0.5, 0.6) is 0 Å². The fourth-order valence-corrected chi connectivity index (χ4v) is 4.06. The first-order valence-corrected chi connectivity index (χ1v) is 8.20. The van der Waals surface area contributed by atoms with Crippen molar-refractivity contribution in [3.8, 4) is 0 Å². The van der Waals surface area contributed by atoms with Gasteiger partial charge < -0.3 is 5.11 Å². The number of nitrogens with zero attached hydrogens (tertiary/aromatic N) is 1. The Labute approximate surface area is 127 Å². The minimum absolute atomic E-state index is 0.0160. The lowest BCUT2D eigenvalue weighted by atomic mass is 10.0. The van der Waals surface area contributed by atoms with Gasteiger partial charge in [0.25, 0.3) is 0 Å². The molecule has 0 radical (unpaired) electrons. The highest BCUT2D eigenvalue weighted by atomic mass is 35.5. The smallest absolute Gasteiger partial charge is 0.307 e. The van der Waals surface area contributed by atoms with Crippen LogP contribution in [-0.2, 0) is 14.8 Å². The summed E-state index contributed by atoms with van der Waals surface area (Å²) in [6.07, 6.45) is 1.01. The van der Waals surface area contributed by atoms with Crippen LogP contribution in [0.2, 0.25) is 10.0 Å². The molecule has 5 nitrogen and oxygen atoms in total. The quantitative estimate of drug-likeness (QED) is 0.919. The number of carbonyl (C=O) groups is 1. The molecule has 1 aromatic rings. The Kier molecular flexibility index (Phi) is 4.59. The lowest BCUT2D eigenvalue weighted by Gasteiger charge is -2.29. The molecule has 110 valence electrons. The molecule has 0 bridgehead atoms. The number of benzene rings is 1. The first-order valence-electron chi connectivity index (χ1n) is 6.00. The Hall–Kier alpha value is -0.820. The van der Waals surface area contributed by atoms with Crippen LogP contribution in [0.4, 0.5) is 0 Å². The zero-order chi connectivity index (χ0) is 14.9. The summed E-state index contributed by atoms with van der Waals surface area (Å²) in [6, 6.07) is 4.06. The molecule has 8 heteroatoms. The Bertz CT molecular complexity index is 632. The van der Waals surface area contributed by atoms with Crippen LogP contribution < -0.4 is 0 Å². The van der Waals surface area contributed by atoms with E-state index in [4.69, 9.17) is 28.3 Å². The summed E-state index contributed by atoms with van der Waals surface area (Å²) in [5, 5.41) is 9.44. The Balaban J connectivity index is 2.29. The molecule has 20 heavy (non-hydrogen) atoms. The molecule has 1 heterocycles. The van der Waals surface area contributed by atoms with Crippen LogP contribution in [0.3, 0.4) is 0 Å². The fourth-order valence-electron chi connectivity index (χ4n) is 2.15. The number of halogens is 2. The maximum Gasteiger partial charge on any atom is 0.307 e. The van der Waals surface area contributed by atoms with E-state index in [-0.39, 0.29) is 21.5 Å². The first kappa shape index (κ1) is 15.6. The van der Waals surface area contributed by atoms with Gasteiger partial charge in [-0.2, -0.15) is 4.31 Å². The molecule has 0 amide bonds. The van der Waals surface area contributed by atoms with Gasteiger partial charge in [-0.15, -0.1) is 0 Å². The van der Waals surface area contributed by atoms with Crippen LogP contribution in [0.15, 0.2) is 23.1 Å². The molecule has 0 aliphatic carbocycles. The van der Waals surface area contributed by atoms with Gasteiger partial charge in [-0.25, -0.2) is 8.42 Å². The van der Waals surface area contributed by atoms with Crippen LogP contribution in [0.25, 0.3) is 0 Å². The Morgan fingerprint density at radius 2 is 2.00 bits per heavy atom. The van der Waals surface area contributed by atoms with Crippen molar-refractivity contribution >= 4 is 39.2 Å². The van der Waals surface area contributed by atoms with Gasteiger partial charge in [-0.3, -0.25) is 4.79 Å². The molecule has 0 spiro atoms. The van der Waals surface area contributed by atoms with E-state index >= 15 is 0 Å². The van der Waals surface area contributed by atoms with E-state index in [1.807, 2.05) is 0 Å². The molecule has 2 rings (SSSR count). The van der Waals surface area contributed by atoms with Crippen molar-refractivity contribution in [2.75, 3.05) is 13.1 Å². The first-order chi connectivity index (χ1) is 9.32. The molecular weight excluding hydrogens is 325 g/mol. The highest BCUT2D eigenvalue weighted by Crippen LogP contribution is 2.28. The molecule has 1 aromatic carbocycles. The van der Waals surface area contributed by atoms with E-state index in [9.17, 15) is 13.2 Å². The van der Waals surface area contributed by atoms with Gasteiger partial charge >= 0.3 is 5.97 Å². The van der Waals surface area contributed by atoms with Gasteiger partial charge in [0.15, 0.2) is 0 Å². The van der Waals surface area contributed by atoms with E-state index in [0.717, 1.165) is 0 Å². The van der Waals surface area contributed by atoms with Gasteiger partial charge in [0.05, 0.1) is 20.9 Å². The van der Waals surface area contributed by atoms with Crippen molar-refractivity contribution in [1.29, 1.82) is 0 Å². The predicted molar refractivity (Wildman–Crippen MR) is 75.6 cm³/mol. The maximum atomic E-state index is 12.5. The second-order valence-corrected chi connectivity index (χ2v) is 7.37. The van der Waals surface area contributed by atoms with Crippen molar-refractivity contribution in [1.82, 2.24) is 4.31 Å². The molecule has 1 unspecified atom stereocenters. The number of aliphatic carboxylic acids is 1. The molecule has 1 aliphatic heterocycles. The van der Waals surface area contributed by atoms with E-state index in [2.05, 4.69) is 0 Å². The van der Waals surface area contributed by atoms with Gasteiger partial charge in [0, 0.05) is 13.1 Å². The number of sulfonamides is 1. The molecule has 1 aliphatic rings. The molecule has 1 saturated heterocycles. The number of rotatable bonds is 3. The predicted octanol–water partition coefficient (Wildman–Crippen LogP) is 2.48. The number of carboxylic acids is 1. The van der Waals surface area contributed by atoms with Crippen molar-refractivity contribution in [2.24, 2.45) is 5.92 Å². The molecule has 0 aromatic heterocycles. The summed E-state index contributed by atoms with van der Waals surface area (Å²) in [4.78, 5) is 11.0. The molecule has 1 fully saturated rings. The maximum absolute atomic E-state index is 12.5. The normalized spacial score (nSPS) is 20.8. The summed E-state index contributed by atoms with van der Waals surface area (Å²) < 4.78 is 26.1. The van der Waals surface area contributed by atoms with Crippen molar-refractivity contribution in [2.45, 2.75) is 17.7 Å². The van der Waals surface area contributed by atoms with E-state index in [0.29, 0.717) is 19.4 Å². The van der Waals surface area contributed by atoms with Gasteiger partial charge in [-0.1, -0.05) is 23.2 Å². The number of hydrogen-bond acceptors (Lipinski definition) is 3. The second-order valence-electron chi connectivity index (χ2n) is 4.62. The largest absolute Gasteiger partial charge is 0.481 e. The van der Waals surface area contributed by atoms with Crippen LogP contribution in [0, 0.1) is 5.92 Å². The number of carboxylic acid groups (broad SMARTS) is 1. The highest BCUT2D eigenvalue weighted by molar-refractivity contribution is 7.89. The fraction of sp³-hybridized carbons (Fsp3) is 0.417. The highest BCUT2D eigenvalue weighted by Gasteiger charge is 2.33. The Morgan fingerprint density at radius 3 is 2.60 bits per heavy atom. The van der Waals surface area contributed by atoms with E-state index in [1.54, 1.807) is 0 Å². The summed E-state index contributed by atoms with van der Waals surface area (Å²) in [5.41, 5.74) is 0. The van der Waals surface area contributed by atoms with Gasteiger partial charge in [-0.05, 0) is 31.0 Å². The SMILES string of the molecule is O=C(O)C1CCCN(S(=O)(=O)c2ccc(Cl)c(Cl)c2)C1. The minimum atomic E-state index is -3.74. The Morgan fingerprint density at radius 1 is 1.30 bits per heavy atom. The van der Waals surface area contributed by atoms with Crippen molar-refractivity contribution in [3.05, 3.63) is 28.2 Å². The van der Waals surface area contributed by atoms with Crippen molar-refractivity contribution in [3.63, 3.8) is 0 Å². The van der Waals surface area contributed by atoms with Crippen LogP contribution in [0.1, 0.15) is 12.8 Å². The summed E-state index contributed by atoms with van der Waals surface area (Å²) in [7, 11) is -3.74. The average molecular weight is 338 g/mol. The average Bonchev–Trinajstić information content (AvgIpc) is 2.42. The second kappa shape index (κ2) is 5.89. The molecule has 1 N–H and O–H groups in total. The lowest BCUT2D eigenvalue weighted by Crippen LogP contribution is -2.42. The standard InChI is InChI=1S/C12H13Cl2NO4S/c13-10-4-3-9(6-11(10)14)20(18,19)15-5-1-2-8(7-15)12(16)17/h3-4,6,8H,1-2,5,7H2,(H,16,17). The third-order valence-corrected chi connectivity index (χ3v) is 5.86. The van der Waals surface area contributed by atoms with Gasteiger partial charge in [0.1, 0.15) is 0 Å². The summed E-state index contributed by atoms with van der Waals surface area (Å²) in [6.45, 7) is 0.296. The molecular formula is C12H13Cl2NO4S. The van der Waals surface area contributed by atoms with Gasteiger partial charge in [0.2, 0.25) is 10.0 Å². The topological polar surface area (TPSA) is 74.7 Å². The number of hydrogen-bond donors (Lipinski definition) is 1. The third kappa shape index (κ3) is 3.09. The molecule has 0 saturated carbocycles. The van der Waals surface area contributed by atoms with E-state index in [1.165, 1.54) is 22.5 Å². The lowest BCUT2D eigenvalue weighted by molar-refractivity contribution is -0.142. The molecule has 1 atom stereocenters. The summed E-state index contributed by atoms with van der Waals surface area (Å²) >= 11 is 11.6. The monoisotopic (exact) mass is 337 g/mol. The van der Waals surface area contributed by atoms with E-state index < -0.39 is 21.9 Å². The zero-order valence-electron chi connectivity index (χ0n) is 10.4. The van der Waals surface area contributed by atoms with Crippen LogP contribution in [-0.4, -0.2) is 36.9 Å². The minimum Gasteiger partial charge on any atom is -0.481 e. The van der Waals surface area contributed by atoms with Crippen LogP contribution >= 0.6 is 23.2 Å². The zero-order valence-corrected chi connectivity index (χ0v) is 12.7.